The van der Waals surface area contributed by atoms with Gasteiger partial charge in [-0.25, -0.2) is 4.39 Å². The maximum atomic E-state index is 14.3. The number of ether oxygens (including phenoxy) is 1. The van der Waals surface area contributed by atoms with E-state index < -0.39 is 0 Å². The van der Waals surface area contributed by atoms with E-state index in [9.17, 15) is 4.39 Å². The minimum atomic E-state index is -0.351. The molecule has 0 bridgehead atoms. The van der Waals surface area contributed by atoms with E-state index in [0.717, 1.165) is 11.1 Å². The van der Waals surface area contributed by atoms with Crippen LogP contribution in [0.5, 0.6) is 5.75 Å². The number of aromatic amines is 1. The summed E-state index contributed by atoms with van der Waals surface area (Å²) in [5.41, 5.74) is 3.15. The van der Waals surface area contributed by atoms with Gasteiger partial charge in [0.2, 0.25) is 0 Å². The quantitative estimate of drug-likeness (QED) is 0.669. The van der Waals surface area contributed by atoms with Crippen LogP contribution >= 0.6 is 11.6 Å². The van der Waals surface area contributed by atoms with Crippen LogP contribution in [0.4, 0.5) is 4.39 Å². The average Bonchev–Trinajstić information content (AvgIpc) is 3.08. The van der Waals surface area contributed by atoms with Gasteiger partial charge in [-0.05, 0) is 36.8 Å². The van der Waals surface area contributed by atoms with Gasteiger partial charge >= 0.3 is 0 Å². The molecule has 0 aliphatic heterocycles. The first-order valence-electron chi connectivity index (χ1n) is 7.93. The highest BCUT2D eigenvalue weighted by molar-refractivity contribution is 6.30. The number of aromatic nitrogens is 2. The van der Waals surface area contributed by atoms with Gasteiger partial charge in [-0.3, -0.25) is 5.10 Å². The van der Waals surface area contributed by atoms with Gasteiger partial charge in [0.15, 0.2) is 0 Å². The van der Waals surface area contributed by atoms with Gasteiger partial charge in [0, 0.05) is 34.8 Å². The van der Waals surface area contributed by atoms with Gasteiger partial charge < -0.3 is 10.1 Å². The SMILES string of the molecule is COc1ccc(-c2[nH]ncc2CN[C@H](C)c2ccc(Cl)cc2)c(F)c1. The lowest BCUT2D eigenvalue weighted by molar-refractivity contribution is 0.411. The third-order valence-electron chi connectivity index (χ3n) is 4.13. The maximum Gasteiger partial charge on any atom is 0.136 e. The second kappa shape index (κ2) is 7.68. The van der Waals surface area contributed by atoms with Crippen molar-refractivity contribution < 1.29 is 9.13 Å². The molecular weight excluding hydrogens is 341 g/mol. The zero-order valence-electron chi connectivity index (χ0n) is 14.0. The molecule has 1 atom stereocenters. The summed E-state index contributed by atoms with van der Waals surface area (Å²) in [5, 5.41) is 11.1. The van der Waals surface area contributed by atoms with Crippen molar-refractivity contribution in [3.05, 3.63) is 70.6 Å². The van der Waals surface area contributed by atoms with E-state index in [1.807, 2.05) is 24.3 Å². The Hall–Kier alpha value is -2.37. The lowest BCUT2D eigenvalue weighted by Crippen LogP contribution is -2.18. The van der Waals surface area contributed by atoms with E-state index in [1.54, 1.807) is 18.3 Å². The van der Waals surface area contributed by atoms with Crippen molar-refractivity contribution in [2.75, 3.05) is 7.11 Å². The first kappa shape index (κ1) is 17.5. The molecule has 3 rings (SSSR count). The number of hydrogen-bond donors (Lipinski definition) is 2. The fourth-order valence-electron chi connectivity index (χ4n) is 2.64. The van der Waals surface area contributed by atoms with Crippen molar-refractivity contribution in [1.82, 2.24) is 15.5 Å². The first-order valence-corrected chi connectivity index (χ1v) is 8.31. The first-order chi connectivity index (χ1) is 12.1. The van der Waals surface area contributed by atoms with E-state index in [-0.39, 0.29) is 11.9 Å². The van der Waals surface area contributed by atoms with Crippen molar-refractivity contribution in [3.8, 4) is 17.0 Å². The summed E-state index contributed by atoms with van der Waals surface area (Å²) in [5.74, 6) is 0.132. The maximum absolute atomic E-state index is 14.3. The number of rotatable bonds is 6. The molecule has 1 heterocycles. The Bertz CT molecular complexity index is 848. The predicted molar refractivity (Wildman–Crippen MR) is 97.2 cm³/mol. The van der Waals surface area contributed by atoms with E-state index >= 15 is 0 Å². The van der Waals surface area contributed by atoms with Crippen molar-refractivity contribution in [1.29, 1.82) is 0 Å². The molecule has 0 unspecified atom stereocenters. The topological polar surface area (TPSA) is 49.9 Å². The summed E-state index contributed by atoms with van der Waals surface area (Å²) in [6.45, 7) is 2.62. The smallest absolute Gasteiger partial charge is 0.136 e. The Morgan fingerprint density at radius 1 is 1.24 bits per heavy atom. The van der Waals surface area contributed by atoms with Crippen LogP contribution < -0.4 is 10.1 Å². The van der Waals surface area contributed by atoms with Crippen molar-refractivity contribution in [3.63, 3.8) is 0 Å². The van der Waals surface area contributed by atoms with E-state index in [0.29, 0.717) is 28.6 Å². The molecule has 0 aliphatic carbocycles. The summed E-state index contributed by atoms with van der Waals surface area (Å²) in [7, 11) is 1.51. The van der Waals surface area contributed by atoms with Crippen LogP contribution in [-0.4, -0.2) is 17.3 Å². The molecule has 2 N–H and O–H groups in total. The Balaban J connectivity index is 1.75. The Labute approximate surface area is 151 Å². The number of hydrogen-bond acceptors (Lipinski definition) is 3. The number of benzene rings is 2. The molecule has 0 fully saturated rings. The number of nitrogens with one attached hydrogen (secondary N) is 2. The summed E-state index contributed by atoms with van der Waals surface area (Å²) in [6.07, 6.45) is 1.71. The zero-order chi connectivity index (χ0) is 17.8. The molecule has 0 aliphatic rings. The average molecular weight is 360 g/mol. The zero-order valence-corrected chi connectivity index (χ0v) is 14.8. The Kier molecular flexibility index (Phi) is 5.36. The van der Waals surface area contributed by atoms with E-state index in [1.165, 1.54) is 13.2 Å². The van der Waals surface area contributed by atoms with Crippen LogP contribution in [-0.2, 0) is 6.54 Å². The van der Waals surface area contributed by atoms with Crippen LogP contribution in [0.2, 0.25) is 5.02 Å². The number of H-pyrrole nitrogens is 1. The molecule has 0 saturated carbocycles. The number of methoxy groups -OCH3 is 1. The molecule has 0 radical (unpaired) electrons. The summed E-state index contributed by atoms with van der Waals surface area (Å²) < 4.78 is 19.4. The molecule has 0 amide bonds. The molecule has 4 nitrogen and oxygen atoms in total. The van der Waals surface area contributed by atoms with E-state index in [2.05, 4.69) is 22.4 Å². The Morgan fingerprint density at radius 2 is 2.00 bits per heavy atom. The second-order valence-electron chi connectivity index (χ2n) is 5.77. The van der Waals surface area contributed by atoms with Crippen molar-refractivity contribution in [2.45, 2.75) is 19.5 Å². The highest BCUT2D eigenvalue weighted by Gasteiger charge is 2.14. The van der Waals surface area contributed by atoms with Crippen LogP contribution in [0.15, 0.2) is 48.7 Å². The van der Waals surface area contributed by atoms with Crippen LogP contribution in [0.1, 0.15) is 24.1 Å². The van der Waals surface area contributed by atoms with Gasteiger partial charge in [0.05, 0.1) is 19.0 Å². The standard InChI is InChI=1S/C19H19ClFN3O/c1-12(13-3-5-15(20)6-4-13)22-10-14-11-23-24-19(14)17-8-7-16(25-2)9-18(17)21/h3-9,11-12,22H,10H2,1-2H3,(H,23,24)/t12-/m1/s1. The largest absolute Gasteiger partial charge is 0.497 e. The lowest BCUT2D eigenvalue weighted by Gasteiger charge is -2.14. The monoisotopic (exact) mass is 359 g/mol. The summed E-state index contributed by atoms with van der Waals surface area (Å²) in [4.78, 5) is 0. The highest BCUT2D eigenvalue weighted by Crippen LogP contribution is 2.27. The van der Waals surface area contributed by atoms with E-state index in [4.69, 9.17) is 16.3 Å². The predicted octanol–water partition coefficient (Wildman–Crippen LogP) is 4.73. The lowest BCUT2D eigenvalue weighted by atomic mass is 10.1. The van der Waals surface area contributed by atoms with Gasteiger partial charge in [-0.1, -0.05) is 23.7 Å². The minimum absolute atomic E-state index is 0.126. The highest BCUT2D eigenvalue weighted by atomic mass is 35.5. The van der Waals surface area contributed by atoms with Crippen molar-refractivity contribution >= 4 is 11.6 Å². The number of halogens is 2. The fraction of sp³-hybridized carbons (Fsp3) is 0.211. The normalized spacial score (nSPS) is 12.2. The van der Waals surface area contributed by atoms with Gasteiger partial charge in [0.1, 0.15) is 11.6 Å². The molecule has 0 saturated heterocycles. The summed E-state index contributed by atoms with van der Waals surface area (Å²) in [6, 6.07) is 12.6. The van der Waals surface area contributed by atoms with Gasteiger partial charge in [-0.15, -0.1) is 0 Å². The molecule has 130 valence electrons. The molecule has 3 aromatic rings. The van der Waals surface area contributed by atoms with Crippen LogP contribution in [0.3, 0.4) is 0 Å². The molecule has 0 spiro atoms. The van der Waals surface area contributed by atoms with Crippen LogP contribution in [0.25, 0.3) is 11.3 Å². The molecule has 1 aromatic heterocycles. The van der Waals surface area contributed by atoms with Crippen molar-refractivity contribution in [2.24, 2.45) is 0 Å². The number of nitrogens with zero attached hydrogens (tertiary/aromatic N) is 1. The molecule has 25 heavy (non-hydrogen) atoms. The third-order valence-corrected chi connectivity index (χ3v) is 4.38. The van der Waals surface area contributed by atoms with Gasteiger partial charge in [-0.2, -0.15) is 5.10 Å². The molecular formula is C19H19ClFN3O. The Morgan fingerprint density at radius 3 is 2.68 bits per heavy atom. The molecule has 2 aromatic carbocycles. The van der Waals surface area contributed by atoms with Crippen LogP contribution in [0, 0.1) is 5.82 Å². The summed E-state index contributed by atoms with van der Waals surface area (Å²) >= 11 is 5.92. The second-order valence-corrected chi connectivity index (χ2v) is 6.21. The molecule has 6 heteroatoms. The fourth-order valence-corrected chi connectivity index (χ4v) is 2.76. The minimum Gasteiger partial charge on any atom is -0.497 e. The van der Waals surface area contributed by atoms with Gasteiger partial charge in [0.25, 0.3) is 0 Å². The third kappa shape index (κ3) is 4.00.